The highest BCUT2D eigenvalue weighted by molar-refractivity contribution is 7.92. The normalized spacial score (nSPS) is 14.3. The van der Waals surface area contributed by atoms with Gasteiger partial charge in [-0.25, -0.2) is 8.42 Å². The van der Waals surface area contributed by atoms with Crippen LogP contribution in [0.15, 0.2) is 53.4 Å². The summed E-state index contributed by atoms with van der Waals surface area (Å²) in [6.45, 7) is 0.304. The van der Waals surface area contributed by atoms with E-state index in [0.29, 0.717) is 6.92 Å². The van der Waals surface area contributed by atoms with E-state index in [9.17, 15) is 31.5 Å². The van der Waals surface area contributed by atoms with Crippen molar-refractivity contribution in [2.45, 2.75) is 23.6 Å². The molecule has 27 heavy (non-hydrogen) atoms. The van der Waals surface area contributed by atoms with Crippen molar-refractivity contribution in [1.82, 2.24) is 0 Å². The minimum Gasteiger partial charge on any atom is -0.373 e. The topological polar surface area (TPSA) is 95.5 Å². The van der Waals surface area contributed by atoms with Gasteiger partial charge in [0, 0.05) is 0 Å². The number of halogens is 4. The third kappa shape index (κ3) is 4.71. The number of sulfonamides is 1. The molecule has 0 aliphatic heterocycles. The number of benzene rings is 2. The summed E-state index contributed by atoms with van der Waals surface area (Å²) in [6.07, 6.45) is -5.19. The van der Waals surface area contributed by atoms with Crippen LogP contribution in [-0.4, -0.2) is 31.2 Å². The van der Waals surface area contributed by atoms with Crippen LogP contribution in [0.5, 0.6) is 0 Å². The number of aliphatic hydroxyl groups is 1. The zero-order valence-corrected chi connectivity index (χ0v) is 15.3. The molecular weight excluding hydrogens is 409 g/mol. The Kier molecular flexibility index (Phi) is 5.74. The highest BCUT2D eigenvalue weighted by atomic mass is 35.5. The summed E-state index contributed by atoms with van der Waals surface area (Å²) in [5.74, 6) is -1.73. The van der Waals surface area contributed by atoms with Crippen LogP contribution in [0.2, 0.25) is 5.02 Å². The third-order valence-electron chi connectivity index (χ3n) is 3.52. The summed E-state index contributed by atoms with van der Waals surface area (Å²) >= 11 is 5.90. The minimum atomic E-state index is -5.19. The largest absolute Gasteiger partial charge is 0.426 e. The summed E-state index contributed by atoms with van der Waals surface area (Å²) in [6, 6.07) is 10.9. The van der Waals surface area contributed by atoms with Gasteiger partial charge < -0.3 is 10.4 Å². The molecule has 1 unspecified atom stereocenters. The van der Waals surface area contributed by atoms with E-state index in [-0.39, 0.29) is 21.3 Å². The predicted molar refractivity (Wildman–Crippen MR) is 94.0 cm³/mol. The van der Waals surface area contributed by atoms with Gasteiger partial charge in [0.25, 0.3) is 15.9 Å². The molecule has 1 atom stereocenters. The monoisotopic (exact) mass is 422 g/mol. The van der Waals surface area contributed by atoms with Gasteiger partial charge in [-0.15, -0.1) is 0 Å². The smallest absolute Gasteiger partial charge is 0.373 e. The number of carbonyl (C=O) groups is 1. The number of carbonyl (C=O) groups excluding carboxylic acids is 1. The van der Waals surface area contributed by atoms with Crippen LogP contribution in [-0.2, 0) is 14.8 Å². The Bertz CT molecular complexity index is 948. The van der Waals surface area contributed by atoms with Crippen molar-refractivity contribution in [2.24, 2.45) is 0 Å². The van der Waals surface area contributed by atoms with E-state index in [4.69, 9.17) is 11.6 Å². The van der Waals surface area contributed by atoms with E-state index < -0.39 is 27.7 Å². The van der Waals surface area contributed by atoms with Gasteiger partial charge in [0.05, 0.1) is 21.3 Å². The first-order chi connectivity index (χ1) is 12.3. The number of anilines is 2. The van der Waals surface area contributed by atoms with Crippen LogP contribution in [0.3, 0.4) is 0 Å². The van der Waals surface area contributed by atoms with Gasteiger partial charge in [-0.3, -0.25) is 9.52 Å². The Morgan fingerprint density at radius 2 is 1.70 bits per heavy atom. The number of rotatable bonds is 5. The van der Waals surface area contributed by atoms with Crippen molar-refractivity contribution in [1.29, 1.82) is 0 Å². The van der Waals surface area contributed by atoms with Crippen LogP contribution in [0.4, 0.5) is 24.5 Å². The van der Waals surface area contributed by atoms with Crippen molar-refractivity contribution in [3.8, 4) is 0 Å². The second-order valence-corrected chi connectivity index (χ2v) is 7.73. The van der Waals surface area contributed by atoms with Crippen molar-refractivity contribution >= 4 is 38.9 Å². The van der Waals surface area contributed by atoms with Gasteiger partial charge in [-0.1, -0.05) is 29.8 Å². The number of alkyl halides is 3. The second-order valence-electron chi connectivity index (χ2n) is 5.64. The van der Waals surface area contributed by atoms with E-state index in [0.717, 1.165) is 12.1 Å². The number of amides is 1. The molecule has 3 N–H and O–H groups in total. The van der Waals surface area contributed by atoms with Crippen LogP contribution in [0.1, 0.15) is 6.92 Å². The van der Waals surface area contributed by atoms with Gasteiger partial charge in [0.15, 0.2) is 0 Å². The quantitative estimate of drug-likeness (QED) is 0.688. The Morgan fingerprint density at radius 3 is 2.22 bits per heavy atom. The zero-order chi connectivity index (χ0) is 20.5. The maximum Gasteiger partial charge on any atom is 0.426 e. The maximum atomic E-state index is 12.7. The number of hydrogen-bond acceptors (Lipinski definition) is 4. The van der Waals surface area contributed by atoms with E-state index in [1.54, 1.807) is 6.07 Å². The first kappa shape index (κ1) is 21.0. The Hall–Kier alpha value is -2.30. The lowest BCUT2D eigenvalue weighted by Gasteiger charge is -2.25. The molecule has 2 aromatic rings. The fourth-order valence-electron chi connectivity index (χ4n) is 1.87. The standard InChI is InChI=1S/C16H14ClF3N2O4S/c1-15(24,16(18,19)20)14(23)21-13-8-7-10(9-12(13)17)22-27(25,26)11-5-3-2-4-6-11/h2-9,22,24H,1H3,(H,21,23). The lowest BCUT2D eigenvalue weighted by atomic mass is 10.1. The first-order valence-corrected chi connectivity index (χ1v) is 9.19. The highest BCUT2D eigenvalue weighted by Gasteiger charge is 2.55. The summed E-state index contributed by atoms with van der Waals surface area (Å²) in [5, 5.41) is 11.0. The average Bonchev–Trinajstić information content (AvgIpc) is 2.56. The number of nitrogens with one attached hydrogen (secondary N) is 2. The second kappa shape index (κ2) is 7.37. The molecule has 0 aromatic heterocycles. The Balaban J connectivity index is 2.20. The molecule has 2 rings (SSSR count). The summed E-state index contributed by atoms with van der Waals surface area (Å²) < 4.78 is 64.8. The molecule has 1 amide bonds. The molecule has 0 bridgehead atoms. The summed E-state index contributed by atoms with van der Waals surface area (Å²) in [4.78, 5) is 11.7. The van der Waals surface area contributed by atoms with Crippen molar-refractivity contribution in [2.75, 3.05) is 10.0 Å². The molecule has 6 nitrogen and oxygen atoms in total. The van der Waals surface area contributed by atoms with Gasteiger partial charge in [0.2, 0.25) is 5.60 Å². The van der Waals surface area contributed by atoms with Gasteiger partial charge >= 0.3 is 6.18 Å². The molecule has 0 heterocycles. The van der Waals surface area contributed by atoms with Crippen LogP contribution in [0, 0.1) is 0 Å². The molecule has 0 fully saturated rings. The van der Waals surface area contributed by atoms with Gasteiger partial charge in [-0.2, -0.15) is 13.2 Å². The SMILES string of the molecule is CC(O)(C(=O)Nc1ccc(NS(=O)(=O)c2ccccc2)cc1Cl)C(F)(F)F. The molecule has 146 valence electrons. The van der Waals surface area contributed by atoms with Gasteiger partial charge in [-0.05, 0) is 37.3 Å². The zero-order valence-electron chi connectivity index (χ0n) is 13.7. The Morgan fingerprint density at radius 1 is 1.11 bits per heavy atom. The number of hydrogen-bond donors (Lipinski definition) is 3. The van der Waals surface area contributed by atoms with E-state index in [1.807, 2.05) is 5.32 Å². The molecule has 0 spiro atoms. The Labute approximate surface area is 158 Å². The van der Waals surface area contributed by atoms with Crippen molar-refractivity contribution in [3.05, 3.63) is 53.6 Å². The van der Waals surface area contributed by atoms with E-state index in [1.165, 1.54) is 30.3 Å². The fraction of sp³-hybridized carbons (Fsp3) is 0.188. The van der Waals surface area contributed by atoms with Gasteiger partial charge in [0.1, 0.15) is 0 Å². The first-order valence-electron chi connectivity index (χ1n) is 7.32. The van der Waals surface area contributed by atoms with E-state index in [2.05, 4.69) is 4.72 Å². The average molecular weight is 423 g/mol. The minimum absolute atomic E-state index is 0.000254. The molecule has 0 saturated carbocycles. The van der Waals surface area contributed by atoms with Crippen LogP contribution in [0.25, 0.3) is 0 Å². The molecule has 0 aliphatic rings. The lowest BCUT2D eigenvalue weighted by molar-refractivity contribution is -0.242. The van der Waals surface area contributed by atoms with E-state index >= 15 is 0 Å². The van der Waals surface area contributed by atoms with Crippen molar-refractivity contribution in [3.63, 3.8) is 0 Å². The molecule has 0 aliphatic carbocycles. The molecule has 0 saturated heterocycles. The molecule has 2 aromatic carbocycles. The summed E-state index contributed by atoms with van der Waals surface area (Å²) in [7, 11) is -3.89. The molecular formula is C16H14ClF3N2O4S. The maximum absolute atomic E-state index is 12.7. The predicted octanol–water partition coefficient (Wildman–Crippen LogP) is 3.39. The highest BCUT2D eigenvalue weighted by Crippen LogP contribution is 2.33. The van der Waals surface area contributed by atoms with Crippen LogP contribution < -0.4 is 10.0 Å². The molecule has 0 radical (unpaired) electrons. The van der Waals surface area contributed by atoms with Crippen molar-refractivity contribution < 1.29 is 31.5 Å². The lowest BCUT2D eigenvalue weighted by Crippen LogP contribution is -2.52. The summed E-state index contributed by atoms with van der Waals surface area (Å²) in [5.41, 5.74) is -3.82. The third-order valence-corrected chi connectivity index (χ3v) is 5.23. The molecule has 11 heteroatoms. The fourth-order valence-corrected chi connectivity index (χ4v) is 3.16. The van der Waals surface area contributed by atoms with Crippen LogP contribution >= 0.6 is 11.6 Å².